The van der Waals surface area contributed by atoms with Gasteiger partial charge in [-0.1, -0.05) is 0 Å². The van der Waals surface area contributed by atoms with Crippen LogP contribution in [0.2, 0.25) is 0 Å². The van der Waals surface area contributed by atoms with Crippen molar-refractivity contribution in [2.45, 2.75) is 18.9 Å². The van der Waals surface area contributed by atoms with Gasteiger partial charge in [-0.2, -0.15) is 0 Å². The number of imidazole rings is 1. The maximum atomic E-state index is 4.40. The lowest BCUT2D eigenvalue weighted by atomic mass is 10.1. The molecule has 0 unspecified atom stereocenters. The highest BCUT2D eigenvalue weighted by Gasteiger charge is 2.22. The van der Waals surface area contributed by atoms with Crippen LogP contribution in [-0.4, -0.2) is 38.7 Å². The summed E-state index contributed by atoms with van der Waals surface area (Å²) in [6.45, 7) is 2.01. The molecule has 0 saturated carbocycles. The SMILES string of the molecule is Cn1ccnc1N1CCC(Nc2ncncc2Br)CC1. The summed E-state index contributed by atoms with van der Waals surface area (Å²) in [7, 11) is 2.03. The van der Waals surface area contributed by atoms with Gasteiger partial charge in [-0.3, -0.25) is 0 Å². The Hall–Kier alpha value is -1.63. The first kappa shape index (κ1) is 13.4. The van der Waals surface area contributed by atoms with E-state index >= 15 is 0 Å². The molecule has 0 bridgehead atoms. The van der Waals surface area contributed by atoms with Crippen LogP contribution in [-0.2, 0) is 7.05 Å². The first-order valence-electron chi connectivity index (χ1n) is 6.68. The van der Waals surface area contributed by atoms with Gasteiger partial charge in [0.15, 0.2) is 0 Å². The van der Waals surface area contributed by atoms with E-state index in [1.165, 1.54) is 0 Å². The second-order valence-electron chi connectivity index (χ2n) is 4.96. The van der Waals surface area contributed by atoms with E-state index < -0.39 is 0 Å². The van der Waals surface area contributed by atoms with E-state index in [1.54, 1.807) is 12.5 Å². The number of nitrogens with zero attached hydrogens (tertiary/aromatic N) is 5. The number of rotatable bonds is 3. The normalized spacial score (nSPS) is 16.4. The Bertz CT molecular complexity index is 576. The molecule has 0 atom stereocenters. The lowest BCUT2D eigenvalue weighted by molar-refractivity contribution is 0.514. The highest BCUT2D eigenvalue weighted by molar-refractivity contribution is 9.10. The zero-order valence-electron chi connectivity index (χ0n) is 11.3. The third kappa shape index (κ3) is 2.77. The van der Waals surface area contributed by atoms with Crippen molar-refractivity contribution in [3.63, 3.8) is 0 Å². The number of aromatic nitrogens is 4. The van der Waals surface area contributed by atoms with Crippen molar-refractivity contribution < 1.29 is 0 Å². The van der Waals surface area contributed by atoms with Crippen molar-refractivity contribution in [2.24, 2.45) is 7.05 Å². The summed E-state index contributed by atoms with van der Waals surface area (Å²) in [5, 5.41) is 3.48. The predicted molar refractivity (Wildman–Crippen MR) is 81.8 cm³/mol. The van der Waals surface area contributed by atoms with Crippen LogP contribution >= 0.6 is 15.9 Å². The van der Waals surface area contributed by atoms with Crippen molar-refractivity contribution in [1.82, 2.24) is 19.5 Å². The molecule has 1 N–H and O–H groups in total. The average Bonchev–Trinajstić information content (AvgIpc) is 2.89. The van der Waals surface area contributed by atoms with Crippen LogP contribution in [0.4, 0.5) is 11.8 Å². The van der Waals surface area contributed by atoms with E-state index in [9.17, 15) is 0 Å². The van der Waals surface area contributed by atoms with Gasteiger partial charge >= 0.3 is 0 Å². The molecule has 3 heterocycles. The first-order chi connectivity index (χ1) is 9.74. The van der Waals surface area contributed by atoms with Gasteiger partial charge in [0, 0.05) is 44.8 Å². The first-order valence-corrected chi connectivity index (χ1v) is 7.47. The number of anilines is 2. The van der Waals surface area contributed by atoms with Gasteiger partial charge in [0.2, 0.25) is 5.95 Å². The molecule has 3 rings (SSSR count). The second kappa shape index (κ2) is 5.78. The monoisotopic (exact) mass is 336 g/mol. The summed E-state index contributed by atoms with van der Waals surface area (Å²) in [5.41, 5.74) is 0. The molecule has 0 aliphatic carbocycles. The van der Waals surface area contributed by atoms with Crippen molar-refractivity contribution in [3.8, 4) is 0 Å². The van der Waals surface area contributed by atoms with Gasteiger partial charge in [0.05, 0.1) is 4.47 Å². The largest absolute Gasteiger partial charge is 0.366 e. The van der Waals surface area contributed by atoms with Crippen LogP contribution in [0.3, 0.4) is 0 Å². The lowest BCUT2D eigenvalue weighted by Gasteiger charge is -2.33. The summed E-state index contributed by atoms with van der Waals surface area (Å²) >= 11 is 3.46. The summed E-state index contributed by atoms with van der Waals surface area (Å²) in [5.74, 6) is 1.92. The Morgan fingerprint density at radius 2 is 2.10 bits per heavy atom. The predicted octanol–water partition coefficient (Wildman–Crippen LogP) is 2.05. The summed E-state index contributed by atoms with van der Waals surface area (Å²) in [6, 6.07) is 0.442. The van der Waals surface area contributed by atoms with E-state index in [0.717, 1.165) is 42.2 Å². The third-order valence-corrected chi connectivity index (χ3v) is 4.16. The quantitative estimate of drug-likeness (QED) is 0.929. The number of piperidine rings is 1. The maximum absolute atomic E-state index is 4.40. The fraction of sp³-hybridized carbons (Fsp3) is 0.462. The third-order valence-electron chi connectivity index (χ3n) is 3.58. The summed E-state index contributed by atoms with van der Waals surface area (Å²) in [4.78, 5) is 15.0. The maximum Gasteiger partial charge on any atom is 0.205 e. The molecule has 0 aromatic carbocycles. The molecule has 20 heavy (non-hydrogen) atoms. The molecule has 0 amide bonds. The molecule has 7 heteroatoms. The summed E-state index contributed by atoms with van der Waals surface area (Å²) < 4.78 is 2.97. The van der Waals surface area contributed by atoms with E-state index in [1.807, 2.05) is 19.4 Å². The highest BCUT2D eigenvalue weighted by atomic mass is 79.9. The molecular formula is C13H17BrN6. The Labute approximate surface area is 126 Å². The lowest BCUT2D eigenvalue weighted by Crippen LogP contribution is -2.40. The van der Waals surface area contributed by atoms with Crippen molar-refractivity contribution >= 4 is 27.7 Å². The van der Waals surface area contributed by atoms with Gasteiger partial charge < -0.3 is 14.8 Å². The fourth-order valence-electron chi connectivity index (χ4n) is 2.50. The second-order valence-corrected chi connectivity index (χ2v) is 5.82. The number of aryl methyl sites for hydroxylation is 1. The fourth-order valence-corrected chi connectivity index (χ4v) is 2.83. The van der Waals surface area contributed by atoms with Gasteiger partial charge in [-0.15, -0.1) is 0 Å². The average molecular weight is 337 g/mol. The van der Waals surface area contributed by atoms with Crippen molar-refractivity contribution in [3.05, 3.63) is 29.4 Å². The van der Waals surface area contributed by atoms with Gasteiger partial charge in [-0.25, -0.2) is 15.0 Å². The molecule has 1 fully saturated rings. The number of halogens is 1. The minimum absolute atomic E-state index is 0.442. The number of nitrogens with one attached hydrogen (secondary N) is 1. The van der Waals surface area contributed by atoms with Crippen LogP contribution < -0.4 is 10.2 Å². The van der Waals surface area contributed by atoms with Crippen LogP contribution in [0, 0.1) is 0 Å². The smallest absolute Gasteiger partial charge is 0.205 e. The Morgan fingerprint density at radius 1 is 1.30 bits per heavy atom. The number of hydrogen-bond acceptors (Lipinski definition) is 5. The standard InChI is InChI=1S/C13H17BrN6/c1-19-7-4-16-13(19)20-5-2-10(3-6-20)18-12-11(14)8-15-9-17-12/h4,7-10H,2-3,5-6H2,1H3,(H,15,17,18). The minimum Gasteiger partial charge on any atom is -0.366 e. The Balaban J connectivity index is 1.59. The molecule has 1 aliphatic rings. The molecule has 0 spiro atoms. The zero-order valence-corrected chi connectivity index (χ0v) is 12.9. The molecule has 2 aromatic rings. The topological polar surface area (TPSA) is 58.9 Å². The van der Waals surface area contributed by atoms with E-state index in [4.69, 9.17) is 0 Å². The van der Waals surface area contributed by atoms with Crippen molar-refractivity contribution in [2.75, 3.05) is 23.3 Å². The van der Waals surface area contributed by atoms with Gasteiger partial charge in [-0.05, 0) is 28.8 Å². The van der Waals surface area contributed by atoms with Crippen LogP contribution in [0.15, 0.2) is 29.4 Å². The number of hydrogen-bond donors (Lipinski definition) is 1. The molecule has 1 saturated heterocycles. The van der Waals surface area contributed by atoms with Crippen LogP contribution in [0.25, 0.3) is 0 Å². The molecular weight excluding hydrogens is 320 g/mol. The van der Waals surface area contributed by atoms with E-state index in [-0.39, 0.29) is 0 Å². The Kier molecular flexibility index (Phi) is 3.86. The van der Waals surface area contributed by atoms with Crippen LogP contribution in [0.1, 0.15) is 12.8 Å². The molecule has 2 aromatic heterocycles. The Morgan fingerprint density at radius 3 is 2.75 bits per heavy atom. The highest BCUT2D eigenvalue weighted by Crippen LogP contribution is 2.23. The van der Waals surface area contributed by atoms with Crippen molar-refractivity contribution in [1.29, 1.82) is 0 Å². The minimum atomic E-state index is 0.442. The van der Waals surface area contributed by atoms with Crippen LogP contribution in [0.5, 0.6) is 0 Å². The van der Waals surface area contributed by atoms with E-state index in [2.05, 4.69) is 45.7 Å². The molecule has 106 valence electrons. The molecule has 6 nitrogen and oxygen atoms in total. The van der Waals surface area contributed by atoms with E-state index in [0.29, 0.717) is 6.04 Å². The molecule has 0 radical (unpaired) electrons. The molecule has 1 aliphatic heterocycles. The van der Waals surface area contributed by atoms with Gasteiger partial charge in [0.1, 0.15) is 12.1 Å². The van der Waals surface area contributed by atoms with Gasteiger partial charge in [0.25, 0.3) is 0 Å². The zero-order chi connectivity index (χ0) is 13.9. The summed E-state index contributed by atoms with van der Waals surface area (Å²) in [6.07, 6.45) is 9.30.